The van der Waals surface area contributed by atoms with Gasteiger partial charge < -0.3 is 19.1 Å². The highest BCUT2D eigenvalue weighted by molar-refractivity contribution is 5.93. The lowest BCUT2D eigenvalue weighted by atomic mass is 9.55. The van der Waals surface area contributed by atoms with Gasteiger partial charge in [0.1, 0.15) is 11.5 Å². The fourth-order valence-electron chi connectivity index (χ4n) is 13.2. The molecular weight excluding hydrogens is 725 g/mol. The van der Waals surface area contributed by atoms with Crippen molar-refractivity contribution in [1.29, 1.82) is 0 Å². The van der Waals surface area contributed by atoms with Crippen molar-refractivity contribution < 1.29 is 28.7 Å². The second-order valence-electron chi connectivity index (χ2n) is 19.3. The van der Waals surface area contributed by atoms with Gasteiger partial charge in [-0.1, -0.05) is 74.8 Å². The van der Waals surface area contributed by atoms with Crippen LogP contribution in [0, 0.1) is 34.5 Å². The summed E-state index contributed by atoms with van der Waals surface area (Å²) >= 11 is 0. The van der Waals surface area contributed by atoms with E-state index in [2.05, 4.69) is 60.6 Å². The molecule has 2 aromatic carbocycles. The quantitative estimate of drug-likeness (QED) is 0.101. The minimum absolute atomic E-state index is 0.0390. The van der Waals surface area contributed by atoms with E-state index in [4.69, 9.17) is 19.1 Å². The predicted octanol–water partition coefficient (Wildman–Crippen LogP) is 11.8. The first kappa shape index (κ1) is 41.1. The Bertz CT molecular complexity index is 1740. The van der Waals surface area contributed by atoms with Gasteiger partial charge in [-0.2, -0.15) is 0 Å². The average molecular weight is 793 g/mol. The van der Waals surface area contributed by atoms with Crippen LogP contribution in [0.3, 0.4) is 0 Å². The molecule has 0 radical (unpaired) electrons. The number of methoxy groups -OCH3 is 2. The first-order valence-corrected chi connectivity index (χ1v) is 23.1. The molecule has 0 unspecified atom stereocenters. The topological polar surface area (TPSA) is 95.8 Å². The Morgan fingerprint density at radius 1 is 0.569 bits per heavy atom. The molecule has 0 aromatic heterocycles. The van der Waals surface area contributed by atoms with Gasteiger partial charge in [-0.3, -0.25) is 0 Å². The minimum Gasteiger partial charge on any atom is -0.497 e. The third-order valence-electron chi connectivity index (χ3n) is 16.4. The van der Waals surface area contributed by atoms with Crippen molar-refractivity contribution in [1.82, 2.24) is 0 Å². The Balaban J connectivity index is 0.676. The molecule has 2 aromatic rings. The number of nitrogens with zero attached hydrogens (tertiary/aromatic N) is 2. The lowest BCUT2D eigenvalue weighted by Crippen LogP contribution is -2.42. The van der Waals surface area contributed by atoms with Crippen LogP contribution < -0.4 is 9.47 Å². The summed E-state index contributed by atoms with van der Waals surface area (Å²) in [6, 6.07) is 13.3. The summed E-state index contributed by atoms with van der Waals surface area (Å²) in [6.45, 7) is 4.75. The van der Waals surface area contributed by atoms with E-state index >= 15 is 0 Å². The van der Waals surface area contributed by atoms with Crippen LogP contribution in [0.1, 0.15) is 176 Å². The molecule has 4 saturated carbocycles. The Kier molecular flexibility index (Phi) is 12.7. The maximum Gasteiger partial charge on any atom is 0.335 e. The largest absolute Gasteiger partial charge is 0.497 e. The molecule has 314 valence electrons. The second kappa shape index (κ2) is 17.9. The zero-order valence-corrected chi connectivity index (χ0v) is 35.8. The van der Waals surface area contributed by atoms with Gasteiger partial charge in [-0.25, -0.2) is 9.59 Å². The SMILES string of the molecule is COc1ccc2c(c1)CC[C@@H]1[C@@H]2CC[C@]2(C)/C(=N\OC(=O)CCCCCCCCCCC(=O)O/N=C3\CC[C@H]4[C@@H]5CCc6cc(OC)ccc6[C@H]5CC[C@]34C)CC[C@@H]12. The van der Waals surface area contributed by atoms with Crippen LogP contribution in [-0.2, 0) is 32.1 Å². The number of aryl methyl sites for hydroxylation is 2. The van der Waals surface area contributed by atoms with Crippen LogP contribution in [0.25, 0.3) is 0 Å². The molecule has 6 aliphatic carbocycles. The summed E-state index contributed by atoms with van der Waals surface area (Å²) < 4.78 is 11.0. The number of carbonyl (C=O) groups is 2. The summed E-state index contributed by atoms with van der Waals surface area (Å²) in [5, 5.41) is 9.07. The molecule has 58 heavy (non-hydrogen) atoms. The number of fused-ring (bicyclic) bond motifs is 10. The molecule has 0 N–H and O–H groups in total. The third kappa shape index (κ3) is 8.24. The highest BCUT2D eigenvalue weighted by atomic mass is 16.7. The summed E-state index contributed by atoms with van der Waals surface area (Å²) in [4.78, 5) is 36.4. The van der Waals surface area contributed by atoms with Gasteiger partial charge in [0.15, 0.2) is 0 Å². The zero-order valence-electron chi connectivity index (χ0n) is 35.8. The predicted molar refractivity (Wildman–Crippen MR) is 228 cm³/mol. The molecule has 0 spiro atoms. The van der Waals surface area contributed by atoms with E-state index in [1.54, 1.807) is 14.2 Å². The highest BCUT2D eigenvalue weighted by Crippen LogP contribution is 2.61. The molecule has 8 nitrogen and oxygen atoms in total. The number of benzene rings is 2. The van der Waals surface area contributed by atoms with Gasteiger partial charge in [0.25, 0.3) is 0 Å². The van der Waals surface area contributed by atoms with E-state index in [0.29, 0.717) is 48.3 Å². The van der Waals surface area contributed by atoms with Crippen LogP contribution in [-0.4, -0.2) is 37.6 Å². The van der Waals surface area contributed by atoms with E-state index < -0.39 is 0 Å². The van der Waals surface area contributed by atoms with Crippen molar-refractivity contribution in [3.05, 3.63) is 58.7 Å². The van der Waals surface area contributed by atoms with Gasteiger partial charge in [0.2, 0.25) is 0 Å². The molecule has 0 aliphatic heterocycles. The molecule has 8 heteroatoms. The van der Waals surface area contributed by atoms with Gasteiger partial charge in [0.05, 0.1) is 25.6 Å². The summed E-state index contributed by atoms with van der Waals surface area (Å²) in [7, 11) is 3.50. The van der Waals surface area contributed by atoms with Gasteiger partial charge in [0, 0.05) is 23.7 Å². The van der Waals surface area contributed by atoms with Crippen molar-refractivity contribution in [3.63, 3.8) is 0 Å². The summed E-state index contributed by atoms with van der Waals surface area (Å²) in [5.74, 6) is 5.32. The smallest absolute Gasteiger partial charge is 0.335 e. The molecule has 0 amide bonds. The van der Waals surface area contributed by atoms with Crippen molar-refractivity contribution in [2.24, 2.45) is 44.8 Å². The minimum atomic E-state index is -0.197. The fourth-order valence-corrected chi connectivity index (χ4v) is 13.2. The van der Waals surface area contributed by atoms with Crippen LogP contribution in [0.5, 0.6) is 11.5 Å². The maximum atomic E-state index is 12.7. The number of ether oxygens (including phenoxy) is 2. The average Bonchev–Trinajstić information content (AvgIpc) is 3.77. The van der Waals surface area contributed by atoms with E-state index in [1.807, 2.05) is 0 Å². The van der Waals surface area contributed by atoms with Crippen LogP contribution in [0.2, 0.25) is 0 Å². The monoisotopic (exact) mass is 793 g/mol. The number of hydrogen-bond acceptors (Lipinski definition) is 8. The first-order valence-electron chi connectivity index (χ1n) is 23.1. The molecule has 0 saturated heterocycles. The number of oxime groups is 2. The second-order valence-corrected chi connectivity index (χ2v) is 19.3. The van der Waals surface area contributed by atoms with E-state index in [0.717, 1.165) is 126 Å². The van der Waals surface area contributed by atoms with Crippen molar-refractivity contribution in [2.75, 3.05) is 14.2 Å². The Labute approximate surface area is 347 Å². The van der Waals surface area contributed by atoms with Crippen LogP contribution >= 0.6 is 0 Å². The first-order chi connectivity index (χ1) is 28.2. The van der Waals surface area contributed by atoms with E-state index in [9.17, 15) is 9.59 Å². The Morgan fingerprint density at radius 3 is 1.40 bits per heavy atom. The van der Waals surface area contributed by atoms with Crippen molar-refractivity contribution in [3.8, 4) is 11.5 Å². The molecule has 8 atom stereocenters. The van der Waals surface area contributed by atoms with Crippen molar-refractivity contribution >= 4 is 23.4 Å². The molecule has 8 rings (SSSR count). The fraction of sp³-hybridized carbons (Fsp3) is 0.680. The molecule has 0 bridgehead atoms. The van der Waals surface area contributed by atoms with Gasteiger partial charge >= 0.3 is 11.9 Å². The summed E-state index contributed by atoms with van der Waals surface area (Å²) in [6.07, 6.45) is 22.5. The maximum absolute atomic E-state index is 12.7. The van der Waals surface area contributed by atoms with Crippen LogP contribution in [0.15, 0.2) is 46.7 Å². The lowest BCUT2D eigenvalue weighted by molar-refractivity contribution is -0.144. The van der Waals surface area contributed by atoms with Gasteiger partial charge in [-0.05, 0) is 172 Å². The van der Waals surface area contributed by atoms with Crippen LogP contribution in [0.4, 0.5) is 0 Å². The number of unbranched alkanes of at least 4 members (excludes halogenated alkanes) is 7. The van der Waals surface area contributed by atoms with Gasteiger partial charge in [-0.15, -0.1) is 0 Å². The number of hydrogen-bond donors (Lipinski definition) is 0. The summed E-state index contributed by atoms with van der Waals surface area (Å²) in [5.41, 5.74) is 8.27. The Hall–Kier alpha value is -3.68. The van der Waals surface area contributed by atoms with E-state index in [1.165, 1.54) is 47.9 Å². The molecule has 0 heterocycles. The molecule has 6 aliphatic rings. The Morgan fingerprint density at radius 2 is 0.983 bits per heavy atom. The highest BCUT2D eigenvalue weighted by Gasteiger charge is 2.55. The number of rotatable bonds is 15. The van der Waals surface area contributed by atoms with E-state index in [-0.39, 0.29) is 22.8 Å². The standard InChI is InChI=1S/C50H68N2O6/c1-49-29-27-39-37-21-17-35(55-3)31-33(37)15-19-41(39)43(49)23-25-45(49)51-57-47(53)13-11-9-7-5-6-8-10-12-14-48(54)58-52-46-26-24-44-42-20-16-34-32-36(56-4)18-22-38(34)40(42)28-30-50(44,46)2/h17-18,21-22,31-32,39-44H,5-16,19-20,23-30H2,1-4H3/b51-45-,52-46+/t39-,40-,41-,42-,43+,44+,49+,50+/m1/s1. The third-order valence-corrected chi connectivity index (χ3v) is 16.4. The molecule has 4 fully saturated rings. The number of carbonyl (C=O) groups excluding carboxylic acids is 2. The zero-order chi connectivity index (χ0) is 40.3. The van der Waals surface area contributed by atoms with Crippen molar-refractivity contribution in [2.45, 2.75) is 167 Å². The molecular formula is C50H68N2O6. The lowest BCUT2D eigenvalue weighted by Gasteiger charge is -2.49. The normalized spacial score (nSPS) is 32.0.